The summed E-state index contributed by atoms with van der Waals surface area (Å²) in [5.74, 6) is 1.47. The van der Waals surface area contributed by atoms with E-state index < -0.39 is 0 Å². The summed E-state index contributed by atoms with van der Waals surface area (Å²) >= 11 is 3.51. The van der Waals surface area contributed by atoms with Gasteiger partial charge < -0.3 is 9.47 Å². The molecule has 0 radical (unpaired) electrons. The van der Waals surface area contributed by atoms with Gasteiger partial charge in [-0.05, 0) is 29.8 Å². The molecule has 0 amide bonds. The standard InChI is InChI=1S/C27H23O2S2.Li/c1-28-25-18-17-22(19-26(25)29-20-21-11-5-2-6-12-21)27(30-23-13-7-3-8-14-23)31-24-15-9-4-10-16-24;/h2-19H,20H2,1H3;/q-1;+1. The van der Waals surface area contributed by atoms with E-state index in [4.69, 9.17) is 9.47 Å². The molecular formula is C27H23LiO2S2. The van der Waals surface area contributed by atoms with Crippen molar-refractivity contribution in [1.29, 1.82) is 0 Å². The third-order valence-electron chi connectivity index (χ3n) is 4.54. The Morgan fingerprint density at radius 3 is 1.72 bits per heavy atom. The summed E-state index contributed by atoms with van der Waals surface area (Å²) in [4.78, 5) is 2.40. The Labute approximate surface area is 210 Å². The van der Waals surface area contributed by atoms with Gasteiger partial charge in [-0.3, -0.25) is 0 Å². The van der Waals surface area contributed by atoms with Crippen molar-refractivity contribution >= 4 is 23.5 Å². The fourth-order valence-corrected chi connectivity index (χ4v) is 5.23. The molecule has 32 heavy (non-hydrogen) atoms. The number of hydrogen-bond donors (Lipinski definition) is 0. The van der Waals surface area contributed by atoms with Crippen molar-refractivity contribution in [1.82, 2.24) is 0 Å². The SMILES string of the molecule is COc1ccc([C-](Sc2ccccc2)Sc2ccccc2)cc1OCc1ccccc1.[Li+]. The van der Waals surface area contributed by atoms with Crippen LogP contribution in [0.25, 0.3) is 0 Å². The first-order valence-corrected chi connectivity index (χ1v) is 11.6. The minimum atomic E-state index is 0. The predicted molar refractivity (Wildman–Crippen MR) is 131 cm³/mol. The second-order valence-electron chi connectivity index (χ2n) is 6.76. The molecule has 0 spiro atoms. The monoisotopic (exact) mass is 450 g/mol. The molecule has 0 unspecified atom stereocenters. The van der Waals surface area contributed by atoms with E-state index in [1.54, 1.807) is 30.6 Å². The molecule has 4 rings (SSSR count). The molecule has 0 saturated carbocycles. The van der Waals surface area contributed by atoms with Crippen LogP contribution in [0, 0.1) is 4.58 Å². The van der Waals surface area contributed by atoms with Gasteiger partial charge in [0, 0.05) is 9.79 Å². The molecule has 0 aromatic heterocycles. The summed E-state index contributed by atoms with van der Waals surface area (Å²) in [5.41, 5.74) is 2.23. The zero-order valence-corrected chi connectivity index (χ0v) is 19.9. The van der Waals surface area contributed by atoms with Crippen molar-refractivity contribution in [3.63, 3.8) is 0 Å². The van der Waals surface area contributed by atoms with E-state index in [-0.39, 0.29) is 18.9 Å². The van der Waals surface area contributed by atoms with Crippen LogP contribution in [-0.4, -0.2) is 7.11 Å². The zero-order chi connectivity index (χ0) is 21.3. The number of methoxy groups -OCH3 is 1. The maximum absolute atomic E-state index is 6.15. The van der Waals surface area contributed by atoms with E-state index >= 15 is 0 Å². The molecular weight excluding hydrogens is 427 g/mol. The van der Waals surface area contributed by atoms with Crippen LogP contribution in [0.15, 0.2) is 119 Å². The Bertz CT molecular complexity index is 1040. The first-order valence-electron chi connectivity index (χ1n) is 10.00. The van der Waals surface area contributed by atoms with E-state index in [0.29, 0.717) is 6.61 Å². The van der Waals surface area contributed by atoms with Gasteiger partial charge in [-0.25, -0.2) is 0 Å². The van der Waals surface area contributed by atoms with Gasteiger partial charge in [-0.15, -0.1) is 6.07 Å². The molecule has 0 saturated heterocycles. The third-order valence-corrected chi connectivity index (χ3v) is 6.90. The topological polar surface area (TPSA) is 18.5 Å². The first kappa shape index (κ1) is 24.3. The molecule has 0 aliphatic rings. The van der Waals surface area contributed by atoms with Crippen molar-refractivity contribution in [3.05, 3.63) is 125 Å². The van der Waals surface area contributed by atoms with Crippen LogP contribution in [0.5, 0.6) is 11.5 Å². The molecule has 0 aliphatic carbocycles. The predicted octanol–water partition coefficient (Wildman–Crippen LogP) is 4.70. The Hall–Kier alpha value is -2.35. The van der Waals surface area contributed by atoms with Gasteiger partial charge in [0.05, 0.1) is 7.11 Å². The average Bonchev–Trinajstić information content (AvgIpc) is 2.84. The zero-order valence-electron chi connectivity index (χ0n) is 18.2. The van der Waals surface area contributed by atoms with E-state index in [0.717, 1.165) is 22.6 Å². The van der Waals surface area contributed by atoms with E-state index in [1.807, 2.05) is 36.4 Å². The van der Waals surface area contributed by atoms with Gasteiger partial charge in [-0.1, -0.05) is 77.4 Å². The fourth-order valence-electron chi connectivity index (χ4n) is 2.98. The summed E-state index contributed by atoms with van der Waals surface area (Å²) in [6.07, 6.45) is 0. The Balaban J connectivity index is 0.00000289. The van der Waals surface area contributed by atoms with Crippen LogP contribution in [0.1, 0.15) is 11.1 Å². The summed E-state index contributed by atoms with van der Waals surface area (Å²) in [6.45, 7) is 0.494. The van der Waals surface area contributed by atoms with Crippen molar-refractivity contribution in [2.75, 3.05) is 7.11 Å². The largest absolute Gasteiger partial charge is 1.00 e. The van der Waals surface area contributed by atoms with E-state index in [2.05, 4.69) is 72.8 Å². The van der Waals surface area contributed by atoms with Crippen molar-refractivity contribution in [2.45, 2.75) is 16.4 Å². The smallest absolute Gasteiger partial charge is 0.498 e. The number of rotatable bonds is 9. The number of ether oxygens (including phenoxy) is 2. The molecule has 0 aliphatic heterocycles. The van der Waals surface area contributed by atoms with Crippen molar-refractivity contribution in [2.24, 2.45) is 0 Å². The maximum atomic E-state index is 6.15. The summed E-state index contributed by atoms with van der Waals surface area (Å²) in [6, 6.07) is 37.2. The third kappa shape index (κ3) is 6.82. The minimum Gasteiger partial charge on any atom is -0.498 e. The first-order chi connectivity index (χ1) is 15.3. The normalized spacial score (nSPS) is 10.2. The number of hydrogen-bond acceptors (Lipinski definition) is 4. The summed E-state index contributed by atoms with van der Waals surface area (Å²) < 4.78 is 12.9. The molecule has 0 N–H and O–H groups in total. The second kappa shape index (κ2) is 12.6. The van der Waals surface area contributed by atoms with E-state index in [9.17, 15) is 0 Å². The fraction of sp³-hybridized carbons (Fsp3) is 0.0741. The summed E-state index contributed by atoms with van der Waals surface area (Å²) in [7, 11) is 1.67. The maximum Gasteiger partial charge on any atom is 1.00 e. The van der Waals surface area contributed by atoms with Gasteiger partial charge in [0.2, 0.25) is 0 Å². The summed E-state index contributed by atoms with van der Waals surface area (Å²) in [5, 5.41) is 0. The van der Waals surface area contributed by atoms with Gasteiger partial charge in [0.15, 0.2) is 0 Å². The van der Waals surface area contributed by atoms with Crippen LogP contribution < -0.4 is 28.3 Å². The van der Waals surface area contributed by atoms with E-state index in [1.165, 1.54) is 14.4 Å². The van der Waals surface area contributed by atoms with Gasteiger partial charge in [-0.2, -0.15) is 35.2 Å². The molecule has 156 valence electrons. The van der Waals surface area contributed by atoms with Gasteiger partial charge >= 0.3 is 18.9 Å². The van der Waals surface area contributed by atoms with Crippen LogP contribution >= 0.6 is 23.5 Å². The Morgan fingerprint density at radius 1 is 0.656 bits per heavy atom. The molecule has 2 nitrogen and oxygen atoms in total. The molecule has 4 aromatic rings. The number of thioether (sulfide) groups is 2. The minimum absolute atomic E-state index is 0. The molecule has 5 heteroatoms. The van der Waals surface area contributed by atoms with Crippen molar-refractivity contribution < 1.29 is 28.3 Å². The van der Waals surface area contributed by atoms with Gasteiger partial charge in [0.25, 0.3) is 0 Å². The Morgan fingerprint density at radius 2 is 1.19 bits per heavy atom. The molecule has 0 heterocycles. The van der Waals surface area contributed by atoms with Crippen molar-refractivity contribution in [3.8, 4) is 11.5 Å². The molecule has 0 bridgehead atoms. The van der Waals surface area contributed by atoms with Crippen LogP contribution in [-0.2, 0) is 6.61 Å². The molecule has 0 fully saturated rings. The Kier molecular flexibility index (Phi) is 9.58. The molecule has 0 atom stereocenters. The van der Waals surface area contributed by atoms with Crippen LogP contribution in [0.4, 0.5) is 0 Å². The number of benzene rings is 4. The molecule has 4 aromatic carbocycles. The second-order valence-corrected chi connectivity index (χ2v) is 9.18. The van der Waals surface area contributed by atoms with Crippen LogP contribution in [0.2, 0.25) is 0 Å². The average molecular weight is 451 g/mol. The van der Waals surface area contributed by atoms with Gasteiger partial charge in [0.1, 0.15) is 18.1 Å². The quantitative estimate of drug-likeness (QED) is 0.209. The van der Waals surface area contributed by atoms with Crippen LogP contribution in [0.3, 0.4) is 0 Å².